The predicted octanol–water partition coefficient (Wildman–Crippen LogP) is 4.07. The maximum Gasteiger partial charge on any atom is 0.152 e. The lowest BCUT2D eigenvalue weighted by molar-refractivity contribution is 0.610. The van der Waals surface area contributed by atoms with Crippen LogP contribution in [0.4, 0.5) is 10.2 Å². The van der Waals surface area contributed by atoms with Crippen molar-refractivity contribution < 1.29 is 4.39 Å². The standard InChI is InChI=1S/C17H17BrFN5/c18-12-8-11-5-6-15(21-14(11)9-13(12)19)20-10-17-23-22-16-4-2-1-3-7-24(16)17/h5-6,8-9H,1-4,7,10H2,(H,20,21). The van der Waals surface area contributed by atoms with E-state index in [4.69, 9.17) is 0 Å². The fraction of sp³-hybridized carbons (Fsp3) is 0.353. The summed E-state index contributed by atoms with van der Waals surface area (Å²) in [5.74, 6) is 2.39. The zero-order valence-electron chi connectivity index (χ0n) is 13.1. The molecule has 0 bridgehead atoms. The van der Waals surface area contributed by atoms with Gasteiger partial charge in [0.05, 0.1) is 16.5 Å². The summed E-state index contributed by atoms with van der Waals surface area (Å²) in [6.45, 7) is 1.54. The molecule has 0 fully saturated rings. The number of fused-ring (bicyclic) bond motifs is 2. The molecule has 5 nitrogen and oxygen atoms in total. The number of hydrogen-bond acceptors (Lipinski definition) is 4. The smallest absolute Gasteiger partial charge is 0.152 e. The first-order valence-electron chi connectivity index (χ1n) is 8.11. The Morgan fingerprint density at radius 1 is 1.17 bits per heavy atom. The number of rotatable bonds is 3. The van der Waals surface area contributed by atoms with Gasteiger partial charge in [0.25, 0.3) is 0 Å². The van der Waals surface area contributed by atoms with Crippen LogP contribution in [0.2, 0.25) is 0 Å². The molecule has 0 saturated carbocycles. The fourth-order valence-corrected chi connectivity index (χ4v) is 3.42. The Labute approximate surface area is 147 Å². The first-order chi connectivity index (χ1) is 11.7. The summed E-state index contributed by atoms with van der Waals surface area (Å²) in [5.41, 5.74) is 0.626. The minimum atomic E-state index is -0.310. The monoisotopic (exact) mass is 389 g/mol. The van der Waals surface area contributed by atoms with E-state index in [1.807, 2.05) is 12.1 Å². The summed E-state index contributed by atoms with van der Waals surface area (Å²) in [4.78, 5) is 4.48. The van der Waals surface area contributed by atoms with Gasteiger partial charge in [0, 0.05) is 24.4 Å². The fourth-order valence-electron chi connectivity index (χ4n) is 3.06. The van der Waals surface area contributed by atoms with E-state index in [0.29, 0.717) is 22.4 Å². The molecule has 4 rings (SSSR count). The van der Waals surface area contributed by atoms with Crippen molar-refractivity contribution in [2.75, 3.05) is 5.32 Å². The van der Waals surface area contributed by atoms with E-state index in [1.54, 1.807) is 6.07 Å². The number of aromatic nitrogens is 4. The van der Waals surface area contributed by atoms with Gasteiger partial charge in [-0.25, -0.2) is 9.37 Å². The van der Waals surface area contributed by atoms with Crippen molar-refractivity contribution >= 4 is 32.7 Å². The van der Waals surface area contributed by atoms with Crippen LogP contribution >= 0.6 is 15.9 Å². The zero-order chi connectivity index (χ0) is 16.5. The van der Waals surface area contributed by atoms with Crippen molar-refractivity contribution in [2.45, 2.75) is 38.8 Å². The number of hydrogen-bond donors (Lipinski definition) is 1. The second-order valence-corrected chi connectivity index (χ2v) is 6.86. The van der Waals surface area contributed by atoms with E-state index in [2.05, 4.69) is 41.0 Å². The third kappa shape index (κ3) is 3.00. The van der Waals surface area contributed by atoms with Gasteiger partial charge in [-0.1, -0.05) is 6.42 Å². The van der Waals surface area contributed by atoms with Crippen molar-refractivity contribution in [1.29, 1.82) is 0 Å². The van der Waals surface area contributed by atoms with Gasteiger partial charge in [-0.15, -0.1) is 10.2 Å². The zero-order valence-corrected chi connectivity index (χ0v) is 14.7. The maximum atomic E-state index is 13.7. The molecule has 7 heteroatoms. The number of anilines is 1. The van der Waals surface area contributed by atoms with Crippen LogP contribution in [0.15, 0.2) is 28.7 Å². The van der Waals surface area contributed by atoms with Gasteiger partial charge in [0.2, 0.25) is 0 Å². The molecule has 1 N–H and O–H groups in total. The number of aryl methyl sites for hydroxylation is 1. The quantitative estimate of drug-likeness (QED) is 0.733. The van der Waals surface area contributed by atoms with Gasteiger partial charge >= 0.3 is 0 Å². The van der Waals surface area contributed by atoms with Crippen molar-refractivity contribution in [3.8, 4) is 0 Å². The molecular weight excluding hydrogens is 373 g/mol. The molecule has 0 amide bonds. The van der Waals surface area contributed by atoms with Crippen LogP contribution in [0.1, 0.15) is 30.9 Å². The van der Waals surface area contributed by atoms with E-state index >= 15 is 0 Å². The molecular formula is C17H17BrFN5. The molecule has 0 unspecified atom stereocenters. The Kier molecular flexibility index (Phi) is 4.18. The van der Waals surface area contributed by atoms with Gasteiger partial charge in [0.15, 0.2) is 5.82 Å². The Morgan fingerprint density at radius 3 is 3.00 bits per heavy atom. The molecule has 1 aliphatic heterocycles. The summed E-state index contributed by atoms with van der Waals surface area (Å²) in [5, 5.41) is 12.8. The highest BCUT2D eigenvalue weighted by Crippen LogP contribution is 2.23. The molecule has 0 aliphatic carbocycles. The lowest BCUT2D eigenvalue weighted by atomic mass is 10.2. The molecule has 0 radical (unpaired) electrons. The van der Waals surface area contributed by atoms with Crippen molar-refractivity contribution in [3.05, 3.63) is 46.2 Å². The molecule has 2 aromatic heterocycles. The second-order valence-electron chi connectivity index (χ2n) is 6.00. The summed E-state index contributed by atoms with van der Waals surface area (Å²) >= 11 is 3.20. The minimum Gasteiger partial charge on any atom is -0.363 e. The van der Waals surface area contributed by atoms with Crippen LogP contribution in [0, 0.1) is 5.82 Å². The van der Waals surface area contributed by atoms with Crippen LogP contribution in [0.5, 0.6) is 0 Å². The van der Waals surface area contributed by atoms with Crippen molar-refractivity contribution in [1.82, 2.24) is 19.7 Å². The highest BCUT2D eigenvalue weighted by atomic mass is 79.9. The normalized spacial score (nSPS) is 14.4. The molecule has 0 atom stereocenters. The van der Waals surface area contributed by atoms with E-state index in [0.717, 1.165) is 30.0 Å². The van der Waals surface area contributed by atoms with Crippen LogP contribution < -0.4 is 5.32 Å². The molecule has 0 saturated heterocycles. The Bertz CT molecular complexity index is 892. The van der Waals surface area contributed by atoms with Crippen LogP contribution in [0.3, 0.4) is 0 Å². The Hall–Kier alpha value is -2.02. The summed E-state index contributed by atoms with van der Waals surface area (Å²) in [7, 11) is 0. The van der Waals surface area contributed by atoms with Gasteiger partial charge < -0.3 is 9.88 Å². The van der Waals surface area contributed by atoms with Gasteiger partial charge in [-0.2, -0.15) is 0 Å². The summed E-state index contributed by atoms with van der Waals surface area (Å²) < 4.78 is 16.3. The number of pyridine rings is 1. The third-order valence-corrected chi connectivity index (χ3v) is 4.95. The predicted molar refractivity (Wildman–Crippen MR) is 94.3 cm³/mol. The summed E-state index contributed by atoms with van der Waals surface area (Å²) in [6.07, 6.45) is 4.58. The molecule has 24 heavy (non-hydrogen) atoms. The van der Waals surface area contributed by atoms with Crippen LogP contribution in [-0.4, -0.2) is 19.7 Å². The molecule has 3 heterocycles. The molecule has 0 spiro atoms. The van der Waals surface area contributed by atoms with E-state index in [1.165, 1.54) is 25.3 Å². The number of nitrogens with one attached hydrogen (secondary N) is 1. The highest BCUT2D eigenvalue weighted by Gasteiger charge is 2.14. The first kappa shape index (κ1) is 15.5. The lowest BCUT2D eigenvalue weighted by Crippen LogP contribution is -2.10. The van der Waals surface area contributed by atoms with Crippen LogP contribution in [-0.2, 0) is 19.5 Å². The average molecular weight is 390 g/mol. The molecule has 1 aliphatic rings. The van der Waals surface area contributed by atoms with Gasteiger partial charge in [0.1, 0.15) is 17.5 Å². The number of halogens is 2. The Morgan fingerprint density at radius 2 is 2.08 bits per heavy atom. The SMILES string of the molecule is Fc1cc2nc(NCc3nnc4n3CCCCC4)ccc2cc1Br. The molecule has 1 aromatic carbocycles. The average Bonchev–Trinajstić information content (AvgIpc) is 2.81. The second kappa shape index (κ2) is 6.47. The number of nitrogens with zero attached hydrogens (tertiary/aromatic N) is 4. The topological polar surface area (TPSA) is 55.6 Å². The van der Waals surface area contributed by atoms with E-state index in [-0.39, 0.29) is 5.82 Å². The lowest BCUT2D eigenvalue weighted by Gasteiger charge is -2.09. The Balaban J connectivity index is 1.55. The first-order valence-corrected chi connectivity index (χ1v) is 8.90. The molecule has 124 valence electrons. The summed E-state index contributed by atoms with van der Waals surface area (Å²) in [6, 6.07) is 7.00. The van der Waals surface area contributed by atoms with Crippen molar-refractivity contribution in [2.24, 2.45) is 0 Å². The van der Waals surface area contributed by atoms with Crippen LogP contribution in [0.25, 0.3) is 10.9 Å². The van der Waals surface area contributed by atoms with Gasteiger partial charge in [-0.05, 0) is 47.0 Å². The molecule has 3 aromatic rings. The number of benzene rings is 1. The largest absolute Gasteiger partial charge is 0.363 e. The van der Waals surface area contributed by atoms with Crippen molar-refractivity contribution in [3.63, 3.8) is 0 Å². The third-order valence-electron chi connectivity index (χ3n) is 4.34. The minimum absolute atomic E-state index is 0.310. The van der Waals surface area contributed by atoms with E-state index in [9.17, 15) is 4.39 Å². The highest BCUT2D eigenvalue weighted by molar-refractivity contribution is 9.10. The van der Waals surface area contributed by atoms with Gasteiger partial charge in [-0.3, -0.25) is 0 Å². The van der Waals surface area contributed by atoms with E-state index < -0.39 is 0 Å². The maximum absolute atomic E-state index is 13.7.